The van der Waals surface area contributed by atoms with Gasteiger partial charge in [0.1, 0.15) is 0 Å². The van der Waals surface area contributed by atoms with Crippen LogP contribution in [0.1, 0.15) is 0 Å². The normalized spacial score (nSPS) is 11.2. The van der Waals surface area contributed by atoms with E-state index in [1.807, 2.05) is 0 Å². The number of hydrogen-bond acceptors (Lipinski definition) is 2. The second-order valence-corrected chi connectivity index (χ2v) is 3.04. The Morgan fingerprint density at radius 3 is 2.33 bits per heavy atom. The molecule has 100 valence electrons. The van der Waals surface area contributed by atoms with Gasteiger partial charge >= 0.3 is 12.3 Å². The maximum absolute atomic E-state index is 13.0. The molecule has 0 saturated carbocycles. The number of hydrogen-bond donors (Lipinski definition) is 1. The Morgan fingerprint density at radius 2 is 1.78 bits per heavy atom. The quantitative estimate of drug-likeness (QED) is 0.663. The summed E-state index contributed by atoms with van der Waals surface area (Å²) in [6, 6.07) is 1.14. The van der Waals surface area contributed by atoms with Crippen LogP contribution >= 0.6 is 0 Å². The van der Waals surface area contributed by atoms with Gasteiger partial charge in [-0.3, -0.25) is 5.32 Å². The van der Waals surface area contributed by atoms with Crippen LogP contribution in [0.3, 0.4) is 0 Å². The van der Waals surface area contributed by atoms with Crippen molar-refractivity contribution in [3.63, 3.8) is 0 Å². The smallest absolute Gasteiger partial charge is 0.422 e. The molecule has 1 aromatic carbocycles. The fourth-order valence-corrected chi connectivity index (χ4v) is 0.916. The van der Waals surface area contributed by atoms with Crippen LogP contribution in [0.15, 0.2) is 12.1 Å². The van der Waals surface area contributed by atoms with Crippen molar-refractivity contribution in [2.45, 2.75) is 6.18 Å². The zero-order chi connectivity index (χ0) is 13.9. The average molecular weight is 273 g/mol. The molecule has 0 heterocycles. The van der Waals surface area contributed by atoms with Gasteiger partial charge < -0.3 is 4.74 Å². The molecule has 0 aliphatic heterocycles. The van der Waals surface area contributed by atoms with Gasteiger partial charge in [0.05, 0.1) is 5.69 Å². The fourth-order valence-electron chi connectivity index (χ4n) is 0.916. The van der Waals surface area contributed by atoms with Gasteiger partial charge in [0.25, 0.3) is 0 Å². The van der Waals surface area contributed by atoms with Crippen molar-refractivity contribution in [3.05, 3.63) is 29.6 Å². The van der Waals surface area contributed by atoms with E-state index in [1.165, 1.54) is 5.32 Å². The first-order valence-corrected chi connectivity index (χ1v) is 4.35. The number of carbonyl (C=O) groups excluding carboxylic acids is 1. The molecule has 0 atom stereocenters. The second-order valence-electron chi connectivity index (χ2n) is 3.04. The minimum atomic E-state index is -4.75. The number of amides is 1. The molecule has 0 saturated heterocycles. The van der Waals surface area contributed by atoms with Crippen LogP contribution < -0.4 is 5.32 Å². The van der Waals surface area contributed by atoms with Crippen molar-refractivity contribution < 1.29 is 35.9 Å². The van der Waals surface area contributed by atoms with Gasteiger partial charge in [-0.05, 0) is 12.1 Å². The third kappa shape index (κ3) is 3.82. The molecule has 0 bridgehead atoms. The van der Waals surface area contributed by atoms with E-state index in [0.29, 0.717) is 12.1 Å². The van der Waals surface area contributed by atoms with Crippen molar-refractivity contribution in [1.82, 2.24) is 0 Å². The van der Waals surface area contributed by atoms with Gasteiger partial charge in [-0.2, -0.15) is 13.2 Å². The third-order valence-electron chi connectivity index (χ3n) is 1.64. The Bertz CT molecular complexity index is 459. The topological polar surface area (TPSA) is 38.3 Å². The predicted octanol–water partition coefficient (Wildman–Crippen LogP) is 3.21. The molecule has 1 aromatic rings. The Labute approximate surface area is 96.3 Å². The largest absolute Gasteiger partial charge is 0.440 e. The van der Waals surface area contributed by atoms with Crippen LogP contribution in [0.2, 0.25) is 0 Å². The number of carbonyl (C=O) groups is 1. The summed E-state index contributed by atoms with van der Waals surface area (Å²) < 4.78 is 76.8. The third-order valence-corrected chi connectivity index (χ3v) is 1.64. The molecule has 9 heteroatoms. The Hall–Kier alpha value is -1.93. The van der Waals surface area contributed by atoms with Crippen LogP contribution in [0.4, 0.5) is 36.8 Å². The molecular weight excluding hydrogens is 268 g/mol. The minimum Gasteiger partial charge on any atom is -0.440 e. The van der Waals surface area contributed by atoms with E-state index >= 15 is 0 Å². The first-order chi connectivity index (χ1) is 8.20. The molecule has 0 fully saturated rings. The van der Waals surface area contributed by atoms with Crippen LogP contribution in [-0.4, -0.2) is 18.9 Å². The van der Waals surface area contributed by atoms with Crippen molar-refractivity contribution in [3.8, 4) is 0 Å². The van der Waals surface area contributed by atoms with Gasteiger partial charge in [-0.25, -0.2) is 18.0 Å². The maximum atomic E-state index is 13.0. The molecule has 0 aromatic heterocycles. The lowest BCUT2D eigenvalue weighted by Crippen LogP contribution is -2.23. The molecule has 0 aliphatic rings. The average Bonchev–Trinajstić information content (AvgIpc) is 2.26. The lowest BCUT2D eigenvalue weighted by Gasteiger charge is -2.09. The van der Waals surface area contributed by atoms with E-state index in [-0.39, 0.29) is 0 Å². The predicted molar refractivity (Wildman–Crippen MR) is 47.3 cm³/mol. The number of rotatable bonds is 2. The SMILES string of the molecule is O=C(Nc1ccc(F)c(F)c1F)OCC(F)(F)F. The summed E-state index contributed by atoms with van der Waals surface area (Å²) in [5, 5.41) is 1.51. The zero-order valence-corrected chi connectivity index (χ0v) is 8.45. The lowest BCUT2D eigenvalue weighted by molar-refractivity contribution is -0.159. The van der Waals surface area contributed by atoms with E-state index in [4.69, 9.17) is 0 Å². The first-order valence-electron chi connectivity index (χ1n) is 4.35. The highest BCUT2D eigenvalue weighted by molar-refractivity contribution is 5.84. The highest BCUT2D eigenvalue weighted by atomic mass is 19.4. The van der Waals surface area contributed by atoms with Crippen molar-refractivity contribution in [2.75, 3.05) is 11.9 Å². The standard InChI is InChI=1S/C9H5F6NO2/c10-4-1-2-5(7(12)6(4)11)16-8(17)18-3-9(13,14)15/h1-2H,3H2,(H,16,17). The summed E-state index contributed by atoms with van der Waals surface area (Å²) in [5.74, 6) is -5.09. The van der Waals surface area contributed by atoms with Gasteiger partial charge in [0, 0.05) is 0 Å². The molecule has 3 nitrogen and oxygen atoms in total. The number of halogens is 6. The molecule has 1 amide bonds. The molecule has 0 aliphatic carbocycles. The highest BCUT2D eigenvalue weighted by Gasteiger charge is 2.29. The number of nitrogens with one attached hydrogen (secondary N) is 1. The second kappa shape index (κ2) is 5.15. The van der Waals surface area contributed by atoms with E-state index in [0.717, 1.165) is 0 Å². The summed E-state index contributed by atoms with van der Waals surface area (Å²) in [6.45, 7) is -1.88. The van der Waals surface area contributed by atoms with Gasteiger partial charge in [-0.15, -0.1) is 0 Å². The van der Waals surface area contributed by atoms with Gasteiger partial charge in [0.15, 0.2) is 24.1 Å². The molecule has 0 radical (unpaired) electrons. The van der Waals surface area contributed by atoms with Gasteiger partial charge in [-0.1, -0.05) is 0 Å². The molecule has 0 spiro atoms. The molecule has 18 heavy (non-hydrogen) atoms. The van der Waals surface area contributed by atoms with Gasteiger partial charge in [0.2, 0.25) is 0 Å². The first kappa shape index (κ1) is 14.1. The van der Waals surface area contributed by atoms with Crippen LogP contribution in [-0.2, 0) is 4.74 Å². The van der Waals surface area contributed by atoms with Crippen molar-refractivity contribution in [1.29, 1.82) is 0 Å². The molecule has 0 unspecified atom stereocenters. The molecular formula is C9H5F6NO2. The molecule has 1 N–H and O–H groups in total. The van der Waals surface area contributed by atoms with Crippen molar-refractivity contribution >= 4 is 11.8 Å². The Kier molecular flexibility index (Phi) is 4.04. The van der Waals surface area contributed by atoms with E-state index in [1.54, 1.807) is 0 Å². The number of benzene rings is 1. The summed E-state index contributed by atoms with van der Waals surface area (Å²) in [7, 11) is 0. The van der Waals surface area contributed by atoms with Crippen LogP contribution in [0.5, 0.6) is 0 Å². The Balaban J connectivity index is 2.68. The summed E-state index contributed by atoms with van der Waals surface area (Å²) >= 11 is 0. The fraction of sp³-hybridized carbons (Fsp3) is 0.222. The summed E-state index contributed by atoms with van der Waals surface area (Å²) in [4.78, 5) is 10.8. The van der Waals surface area contributed by atoms with Crippen LogP contribution in [0, 0.1) is 17.5 Å². The monoisotopic (exact) mass is 273 g/mol. The lowest BCUT2D eigenvalue weighted by atomic mass is 10.3. The zero-order valence-electron chi connectivity index (χ0n) is 8.45. The molecule has 1 rings (SSSR count). The van der Waals surface area contributed by atoms with E-state index in [9.17, 15) is 31.1 Å². The minimum absolute atomic E-state index is 0.498. The summed E-state index contributed by atoms with van der Waals surface area (Å²) in [5.41, 5.74) is -0.832. The van der Waals surface area contributed by atoms with Crippen molar-refractivity contribution in [2.24, 2.45) is 0 Å². The maximum Gasteiger partial charge on any atom is 0.422 e. The Morgan fingerprint density at radius 1 is 1.17 bits per heavy atom. The number of anilines is 1. The van der Waals surface area contributed by atoms with Crippen LogP contribution in [0.25, 0.3) is 0 Å². The number of alkyl halides is 3. The number of ether oxygens (including phenoxy) is 1. The highest BCUT2D eigenvalue weighted by Crippen LogP contribution is 2.20. The van der Waals surface area contributed by atoms with E-state index in [2.05, 4.69) is 4.74 Å². The van der Waals surface area contributed by atoms with E-state index < -0.39 is 42.0 Å². The summed E-state index contributed by atoms with van der Waals surface area (Å²) in [6.07, 6.45) is -6.39.